The molecule has 3 N–H and O–H groups in total. The van der Waals surface area contributed by atoms with E-state index in [0.29, 0.717) is 84.8 Å². The lowest BCUT2D eigenvalue weighted by Gasteiger charge is -2.34. The molecule has 0 aromatic heterocycles. The molecule has 0 radical (unpaired) electrons. The highest BCUT2D eigenvalue weighted by molar-refractivity contribution is 6.09. The number of para-hydroxylation sites is 1. The average Bonchev–Trinajstić information content (AvgIpc) is 3.12. The van der Waals surface area contributed by atoms with Crippen molar-refractivity contribution < 1.29 is 28.6 Å². The summed E-state index contributed by atoms with van der Waals surface area (Å²) in [5.74, 6) is 0.804. The Morgan fingerprint density at radius 2 is 1.60 bits per heavy atom. The van der Waals surface area contributed by atoms with E-state index in [2.05, 4.69) is 24.3 Å². The van der Waals surface area contributed by atoms with Crippen molar-refractivity contribution in [2.75, 3.05) is 71.3 Å². The van der Waals surface area contributed by atoms with Gasteiger partial charge in [0.15, 0.2) is 0 Å². The minimum Gasteiger partial charge on any atom is -0.495 e. The first kappa shape index (κ1) is 43.9. The molecule has 3 aromatic rings. The van der Waals surface area contributed by atoms with Crippen molar-refractivity contribution in [3.63, 3.8) is 0 Å². The normalized spacial score (nSPS) is 12.9. The number of hydrogen-bond acceptors (Lipinski definition) is 8. The molecule has 0 spiro atoms. The molecule has 11 nitrogen and oxygen atoms in total. The quantitative estimate of drug-likeness (QED) is 0.128. The molecular formula is C39H53Cl2N5O6. The van der Waals surface area contributed by atoms with Crippen molar-refractivity contribution in [2.24, 2.45) is 5.73 Å². The van der Waals surface area contributed by atoms with E-state index in [0.717, 1.165) is 31.5 Å². The standard InChI is InChI=1S/C39H51N5O6.2ClH/c1-28-15-18-33(36(26-28)50-24-10-6-7-14-37(45)44-22-19-30(20-23-44)42(2)3)43(4)39(47)29-16-17-32(35(27-29)48-5)41-38(46)31-12-8-9-13-34(31)49-25-11-21-40;;/h7-9,12-18,26-27,30H,6,10-11,19-25,40H2,1-5H3,(H,41,46);2*1H/b14-7+;;. The van der Waals surface area contributed by atoms with Crippen LogP contribution in [0.25, 0.3) is 0 Å². The third-order valence-corrected chi connectivity index (χ3v) is 8.76. The van der Waals surface area contributed by atoms with Gasteiger partial charge in [0.2, 0.25) is 5.91 Å². The lowest BCUT2D eigenvalue weighted by molar-refractivity contribution is -0.127. The van der Waals surface area contributed by atoms with E-state index in [-0.39, 0.29) is 42.5 Å². The van der Waals surface area contributed by atoms with Crippen LogP contribution in [0.4, 0.5) is 11.4 Å². The van der Waals surface area contributed by atoms with Gasteiger partial charge in [-0.25, -0.2) is 0 Å². The second kappa shape index (κ2) is 21.9. The number of benzene rings is 3. The number of nitrogens with zero attached hydrogens (tertiary/aromatic N) is 3. The summed E-state index contributed by atoms with van der Waals surface area (Å²) >= 11 is 0. The summed E-state index contributed by atoms with van der Waals surface area (Å²) in [7, 11) is 7.35. The van der Waals surface area contributed by atoms with Gasteiger partial charge in [0.25, 0.3) is 11.8 Å². The first-order chi connectivity index (χ1) is 24.1. The summed E-state index contributed by atoms with van der Waals surface area (Å²) in [6.45, 7) is 4.85. The lowest BCUT2D eigenvalue weighted by Crippen LogP contribution is -2.43. The predicted octanol–water partition coefficient (Wildman–Crippen LogP) is 6.37. The number of nitrogens with one attached hydrogen (secondary N) is 1. The number of carbonyl (C=O) groups is 3. The zero-order chi connectivity index (χ0) is 36.0. The van der Waals surface area contributed by atoms with E-state index in [4.69, 9.17) is 19.9 Å². The van der Waals surface area contributed by atoms with Crippen LogP contribution in [-0.2, 0) is 4.79 Å². The van der Waals surface area contributed by atoms with Crippen LogP contribution in [0, 0.1) is 6.92 Å². The third-order valence-electron chi connectivity index (χ3n) is 8.76. The number of likely N-dealkylation sites (tertiary alicyclic amines) is 1. The lowest BCUT2D eigenvalue weighted by atomic mass is 10.0. The van der Waals surface area contributed by atoms with Gasteiger partial charge in [-0.3, -0.25) is 14.4 Å². The largest absolute Gasteiger partial charge is 0.495 e. The Bertz CT molecular complexity index is 1650. The maximum Gasteiger partial charge on any atom is 0.259 e. The molecule has 284 valence electrons. The van der Waals surface area contributed by atoms with Crippen molar-refractivity contribution >= 4 is 53.9 Å². The van der Waals surface area contributed by atoms with Crippen LogP contribution in [0.15, 0.2) is 72.8 Å². The van der Waals surface area contributed by atoms with Crippen molar-refractivity contribution in [1.82, 2.24) is 9.80 Å². The SMILES string of the molecule is COc1cc(C(=O)N(C)c2ccc(C)cc2OCCC/C=C/C(=O)N2CCC(N(C)C)CC2)ccc1NC(=O)c1ccccc1OCCCN.Cl.Cl. The molecule has 1 saturated heterocycles. The van der Waals surface area contributed by atoms with Crippen molar-refractivity contribution in [3.8, 4) is 17.2 Å². The first-order valence-electron chi connectivity index (χ1n) is 17.2. The Kier molecular flexibility index (Phi) is 18.5. The highest BCUT2D eigenvalue weighted by Gasteiger charge is 2.23. The molecule has 3 aromatic carbocycles. The van der Waals surface area contributed by atoms with Crippen molar-refractivity contribution in [1.29, 1.82) is 0 Å². The van der Waals surface area contributed by atoms with E-state index < -0.39 is 0 Å². The highest BCUT2D eigenvalue weighted by atomic mass is 35.5. The summed E-state index contributed by atoms with van der Waals surface area (Å²) in [6, 6.07) is 18.1. The van der Waals surface area contributed by atoms with Gasteiger partial charge in [-0.2, -0.15) is 0 Å². The zero-order valence-electron chi connectivity index (χ0n) is 30.8. The Balaban J connectivity index is 0.00000468. The number of amides is 3. The molecule has 3 amide bonds. The van der Waals surface area contributed by atoms with Gasteiger partial charge in [0.05, 0.1) is 37.3 Å². The number of ether oxygens (including phenoxy) is 3. The molecule has 0 bridgehead atoms. The Morgan fingerprint density at radius 1 is 0.904 bits per heavy atom. The van der Waals surface area contributed by atoms with Gasteiger partial charge >= 0.3 is 0 Å². The molecule has 0 aliphatic carbocycles. The smallest absolute Gasteiger partial charge is 0.259 e. The van der Waals surface area contributed by atoms with Crippen molar-refractivity contribution in [2.45, 2.75) is 45.1 Å². The Labute approximate surface area is 320 Å². The second-order valence-corrected chi connectivity index (χ2v) is 12.6. The molecule has 0 saturated carbocycles. The minimum absolute atomic E-state index is 0. The highest BCUT2D eigenvalue weighted by Crippen LogP contribution is 2.32. The second-order valence-electron chi connectivity index (χ2n) is 12.6. The van der Waals surface area contributed by atoms with Gasteiger partial charge < -0.3 is 40.0 Å². The number of halogens is 2. The number of hydrogen-bond donors (Lipinski definition) is 2. The first-order valence-corrected chi connectivity index (χ1v) is 17.2. The maximum atomic E-state index is 13.7. The molecule has 0 unspecified atom stereocenters. The van der Waals surface area contributed by atoms with Gasteiger partial charge in [-0.15, -0.1) is 24.8 Å². The zero-order valence-corrected chi connectivity index (χ0v) is 32.4. The van der Waals surface area contributed by atoms with Crippen molar-refractivity contribution in [3.05, 3.63) is 89.5 Å². The number of anilines is 2. The summed E-state index contributed by atoms with van der Waals surface area (Å²) in [6.07, 6.45) is 7.65. The van der Waals surface area contributed by atoms with E-state index in [1.807, 2.05) is 36.1 Å². The number of methoxy groups -OCH3 is 1. The van der Waals surface area contributed by atoms with E-state index >= 15 is 0 Å². The maximum absolute atomic E-state index is 13.7. The molecule has 1 heterocycles. The minimum atomic E-state index is -0.369. The molecule has 1 fully saturated rings. The summed E-state index contributed by atoms with van der Waals surface area (Å²) in [5, 5.41) is 2.88. The van der Waals surface area contributed by atoms with Gasteiger partial charge in [0, 0.05) is 31.7 Å². The fourth-order valence-corrected chi connectivity index (χ4v) is 5.76. The van der Waals surface area contributed by atoms with Crippen LogP contribution in [-0.4, -0.2) is 94.7 Å². The summed E-state index contributed by atoms with van der Waals surface area (Å²) < 4.78 is 17.5. The Morgan fingerprint density at radius 3 is 2.29 bits per heavy atom. The van der Waals surface area contributed by atoms with Crippen LogP contribution in [0.3, 0.4) is 0 Å². The molecule has 52 heavy (non-hydrogen) atoms. The number of carbonyl (C=O) groups excluding carboxylic acids is 3. The van der Waals surface area contributed by atoms with Crippen LogP contribution < -0.4 is 30.2 Å². The van der Waals surface area contributed by atoms with Crippen LogP contribution in [0.2, 0.25) is 0 Å². The third kappa shape index (κ3) is 12.2. The molecule has 13 heteroatoms. The number of rotatable bonds is 16. The van der Waals surface area contributed by atoms with E-state index in [1.54, 1.807) is 55.6 Å². The fraction of sp³-hybridized carbons (Fsp3) is 0.410. The fourth-order valence-electron chi connectivity index (χ4n) is 5.76. The van der Waals surface area contributed by atoms with Crippen LogP contribution in [0.5, 0.6) is 17.2 Å². The average molecular weight is 759 g/mol. The number of aryl methyl sites for hydroxylation is 1. The van der Waals surface area contributed by atoms with Gasteiger partial charge in [-0.05, 0) is 114 Å². The molecule has 4 rings (SSSR count). The number of nitrogens with two attached hydrogens (primary N) is 1. The number of piperidine rings is 1. The van der Waals surface area contributed by atoms with E-state index in [9.17, 15) is 14.4 Å². The Hall–Kier alpha value is -4.29. The predicted molar refractivity (Wildman–Crippen MR) is 212 cm³/mol. The van der Waals surface area contributed by atoms with Gasteiger partial charge in [-0.1, -0.05) is 24.3 Å². The number of unbranched alkanes of at least 4 members (excludes halogenated alkanes) is 1. The summed E-state index contributed by atoms with van der Waals surface area (Å²) in [5.41, 5.74) is 8.36. The monoisotopic (exact) mass is 757 g/mol. The molecule has 0 atom stereocenters. The number of allylic oxidation sites excluding steroid dienone is 1. The summed E-state index contributed by atoms with van der Waals surface area (Å²) in [4.78, 5) is 45.2. The van der Waals surface area contributed by atoms with Crippen LogP contribution in [0.1, 0.15) is 58.4 Å². The topological polar surface area (TPSA) is 127 Å². The van der Waals surface area contributed by atoms with Gasteiger partial charge in [0.1, 0.15) is 17.2 Å². The van der Waals surface area contributed by atoms with Crippen LogP contribution >= 0.6 is 24.8 Å². The molecular weight excluding hydrogens is 705 g/mol. The molecule has 1 aliphatic heterocycles. The molecule has 1 aliphatic rings. The van der Waals surface area contributed by atoms with E-state index in [1.165, 1.54) is 12.0 Å².